The average Bonchev–Trinajstić information content (AvgIpc) is 3.16. The van der Waals surface area contributed by atoms with Gasteiger partial charge < -0.3 is 18.9 Å². The summed E-state index contributed by atoms with van der Waals surface area (Å²) in [6.45, 7) is 0. The molecule has 0 aliphatic heterocycles. The van der Waals surface area contributed by atoms with E-state index in [9.17, 15) is 4.39 Å². The highest BCUT2D eigenvalue weighted by molar-refractivity contribution is 7.04. The third-order valence-electron chi connectivity index (χ3n) is 3.97. The first-order valence-electron chi connectivity index (χ1n) is 7.72. The Kier molecular flexibility index (Phi) is 5.27. The topological polar surface area (TPSA) is 49.8 Å². The van der Waals surface area contributed by atoms with E-state index in [0.717, 1.165) is 22.4 Å². The lowest BCUT2D eigenvalue weighted by molar-refractivity contribution is 0.306. The van der Waals surface area contributed by atoms with Gasteiger partial charge in [0.15, 0.2) is 11.5 Å². The molecule has 0 spiro atoms. The monoisotopic (exact) mass is 375 g/mol. The fourth-order valence-corrected chi connectivity index (χ4v) is 3.48. The highest BCUT2D eigenvalue weighted by Crippen LogP contribution is 2.51. The summed E-state index contributed by atoms with van der Waals surface area (Å²) >= 11 is 1.30. The second-order valence-corrected chi connectivity index (χ2v) is 5.94. The first kappa shape index (κ1) is 18.0. The smallest absolute Gasteiger partial charge is 0.207 e. The highest BCUT2D eigenvalue weighted by Gasteiger charge is 2.24. The molecule has 0 saturated heterocycles. The summed E-state index contributed by atoms with van der Waals surface area (Å²) in [4.78, 5) is 0. The number of hydrogen-bond acceptors (Lipinski definition) is 6. The summed E-state index contributed by atoms with van der Waals surface area (Å²) in [5, 5.41) is 1.90. The van der Waals surface area contributed by atoms with Crippen LogP contribution >= 0.6 is 11.5 Å². The Hall–Kier alpha value is -2.80. The molecular weight excluding hydrogens is 357 g/mol. The molecule has 0 aliphatic carbocycles. The predicted molar refractivity (Wildman–Crippen MR) is 99.2 cm³/mol. The summed E-state index contributed by atoms with van der Waals surface area (Å²) in [7, 11) is 6.19. The van der Waals surface area contributed by atoms with Crippen molar-refractivity contribution in [3.05, 3.63) is 41.5 Å². The lowest BCUT2D eigenvalue weighted by atomic mass is 10.00. The van der Waals surface area contributed by atoms with Crippen molar-refractivity contribution >= 4 is 11.5 Å². The minimum Gasteiger partial charge on any atom is -0.493 e. The summed E-state index contributed by atoms with van der Waals surface area (Å²) in [6.07, 6.45) is 0. The van der Waals surface area contributed by atoms with Gasteiger partial charge in [0.2, 0.25) is 11.5 Å². The quantitative estimate of drug-likeness (QED) is 0.628. The summed E-state index contributed by atoms with van der Waals surface area (Å²) < 4.78 is 39.7. The van der Waals surface area contributed by atoms with E-state index in [-0.39, 0.29) is 5.82 Å². The van der Waals surface area contributed by atoms with Crippen LogP contribution in [-0.2, 0) is 0 Å². The zero-order chi connectivity index (χ0) is 18.7. The van der Waals surface area contributed by atoms with Crippen LogP contribution in [0.3, 0.4) is 0 Å². The zero-order valence-electron chi connectivity index (χ0n) is 14.8. The van der Waals surface area contributed by atoms with E-state index in [4.69, 9.17) is 18.9 Å². The Morgan fingerprint density at radius 2 is 1.46 bits per heavy atom. The Labute approximate surface area is 155 Å². The molecule has 0 fully saturated rings. The van der Waals surface area contributed by atoms with E-state index in [0.29, 0.717) is 23.0 Å². The van der Waals surface area contributed by atoms with Crippen LogP contribution in [0.5, 0.6) is 23.0 Å². The van der Waals surface area contributed by atoms with Gasteiger partial charge in [0.25, 0.3) is 0 Å². The van der Waals surface area contributed by atoms with Crippen molar-refractivity contribution in [1.82, 2.24) is 4.37 Å². The molecule has 0 amide bonds. The molecule has 0 N–H and O–H groups in total. The minimum atomic E-state index is -0.295. The zero-order valence-corrected chi connectivity index (χ0v) is 15.6. The van der Waals surface area contributed by atoms with Gasteiger partial charge in [0, 0.05) is 22.1 Å². The van der Waals surface area contributed by atoms with E-state index in [1.165, 1.54) is 37.9 Å². The van der Waals surface area contributed by atoms with Crippen LogP contribution in [0.2, 0.25) is 0 Å². The van der Waals surface area contributed by atoms with Crippen LogP contribution in [0.4, 0.5) is 4.39 Å². The lowest BCUT2D eigenvalue weighted by Crippen LogP contribution is -2.00. The molecule has 136 valence electrons. The number of halogens is 1. The molecule has 0 unspecified atom stereocenters. The van der Waals surface area contributed by atoms with E-state index < -0.39 is 0 Å². The maximum atomic E-state index is 13.3. The molecular formula is C19H18FNO4S. The van der Waals surface area contributed by atoms with E-state index >= 15 is 0 Å². The average molecular weight is 375 g/mol. The van der Waals surface area contributed by atoms with Gasteiger partial charge in [0.05, 0.1) is 34.1 Å². The molecule has 0 radical (unpaired) electrons. The largest absolute Gasteiger partial charge is 0.493 e. The van der Waals surface area contributed by atoms with Crippen molar-refractivity contribution in [1.29, 1.82) is 0 Å². The first-order valence-corrected chi connectivity index (χ1v) is 8.55. The maximum Gasteiger partial charge on any atom is 0.207 e. The highest BCUT2D eigenvalue weighted by atomic mass is 32.1. The van der Waals surface area contributed by atoms with Crippen LogP contribution in [0.1, 0.15) is 0 Å². The normalized spacial score (nSPS) is 10.5. The standard InChI is InChI=1S/C19H18FNO4S/c1-22-15-9-13(17(23-2)19(25-4)18(15)24-3)14-10-26-21-16(14)11-5-7-12(20)8-6-11/h5-10H,1-4H3. The summed E-state index contributed by atoms with van der Waals surface area (Å²) in [5.74, 6) is 1.60. The Bertz CT molecular complexity index is 909. The van der Waals surface area contributed by atoms with E-state index in [1.54, 1.807) is 26.4 Å². The Balaban J connectivity index is 2.25. The van der Waals surface area contributed by atoms with E-state index in [2.05, 4.69) is 4.37 Å². The van der Waals surface area contributed by atoms with Gasteiger partial charge >= 0.3 is 0 Å². The fraction of sp³-hybridized carbons (Fsp3) is 0.211. The third-order valence-corrected chi connectivity index (χ3v) is 4.60. The number of hydrogen-bond donors (Lipinski definition) is 0. The molecule has 0 bridgehead atoms. The number of methoxy groups -OCH3 is 4. The second-order valence-electron chi connectivity index (χ2n) is 5.31. The van der Waals surface area contributed by atoms with Crippen LogP contribution in [0.25, 0.3) is 22.4 Å². The minimum absolute atomic E-state index is 0.295. The van der Waals surface area contributed by atoms with Crippen molar-refractivity contribution in [3.63, 3.8) is 0 Å². The second kappa shape index (κ2) is 7.61. The molecule has 26 heavy (non-hydrogen) atoms. The molecule has 5 nitrogen and oxygen atoms in total. The van der Waals surface area contributed by atoms with Gasteiger partial charge in [-0.1, -0.05) is 0 Å². The van der Waals surface area contributed by atoms with Crippen molar-refractivity contribution in [2.45, 2.75) is 0 Å². The van der Waals surface area contributed by atoms with Crippen LogP contribution in [-0.4, -0.2) is 32.8 Å². The first-order chi connectivity index (χ1) is 12.6. The van der Waals surface area contributed by atoms with Crippen LogP contribution in [0.15, 0.2) is 35.7 Å². The van der Waals surface area contributed by atoms with Crippen molar-refractivity contribution < 1.29 is 23.3 Å². The van der Waals surface area contributed by atoms with Crippen molar-refractivity contribution in [3.8, 4) is 45.4 Å². The molecule has 0 atom stereocenters. The molecule has 1 aromatic heterocycles. The van der Waals surface area contributed by atoms with Gasteiger partial charge in [-0.2, -0.15) is 4.37 Å². The number of rotatable bonds is 6. The van der Waals surface area contributed by atoms with Gasteiger partial charge in [-0.05, 0) is 41.9 Å². The van der Waals surface area contributed by atoms with E-state index in [1.807, 2.05) is 11.4 Å². The van der Waals surface area contributed by atoms with Crippen molar-refractivity contribution in [2.24, 2.45) is 0 Å². The van der Waals surface area contributed by atoms with Gasteiger partial charge in [-0.3, -0.25) is 0 Å². The van der Waals surface area contributed by atoms with Crippen molar-refractivity contribution in [2.75, 3.05) is 28.4 Å². The summed E-state index contributed by atoms with van der Waals surface area (Å²) in [5.41, 5.74) is 3.11. The number of nitrogens with zero attached hydrogens (tertiary/aromatic N) is 1. The molecule has 3 rings (SSSR count). The maximum absolute atomic E-state index is 13.3. The molecule has 3 aromatic rings. The third kappa shape index (κ3) is 3.06. The molecule has 1 heterocycles. The molecule has 2 aromatic carbocycles. The lowest BCUT2D eigenvalue weighted by Gasteiger charge is -2.18. The number of aromatic nitrogens is 1. The Morgan fingerprint density at radius 1 is 0.808 bits per heavy atom. The van der Waals surface area contributed by atoms with Crippen LogP contribution in [0, 0.1) is 5.82 Å². The number of benzene rings is 2. The SMILES string of the molecule is COc1cc(-c2csnc2-c2ccc(F)cc2)c(OC)c(OC)c1OC. The van der Waals surface area contributed by atoms with Crippen LogP contribution < -0.4 is 18.9 Å². The van der Waals surface area contributed by atoms with Gasteiger partial charge in [-0.15, -0.1) is 0 Å². The molecule has 7 heteroatoms. The predicted octanol–water partition coefficient (Wildman–Crippen LogP) is 4.65. The number of ether oxygens (including phenoxy) is 4. The van der Waals surface area contributed by atoms with Gasteiger partial charge in [-0.25, -0.2) is 4.39 Å². The fourth-order valence-electron chi connectivity index (χ4n) is 2.78. The van der Waals surface area contributed by atoms with Gasteiger partial charge in [0.1, 0.15) is 5.82 Å². The molecule has 0 aliphatic rings. The summed E-state index contributed by atoms with van der Waals surface area (Å²) in [6, 6.07) is 8.02. The Morgan fingerprint density at radius 3 is 2.04 bits per heavy atom. The molecule has 0 saturated carbocycles.